The molecule has 1 fully saturated rings. The molecule has 0 aromatic rings. The van der Waals surface area contributed by atoms with Gasteiger partial charge in [-0.3, -0.25) is 0 Å². The van der Waals surface area contributed by atoms with Crippen molar-refractivity contribution in [1.82, 2.24) is 0 Å². The first kappa shape index (κ1) is 8.06. The summed E-state index contributed by atoms with van der Waals surface area (Å²) in [5.41, 5.74) is 0.122. The van der Waals surface area contributed by atoms with Gasteiger partial charge in [-0.05, 0) is 32.6 Å². The molecule has 1 rings (SSSR count). The molecule has 0 radical (unpaired) electrons. The van der Waals surface area contributed by atoms with Gasteiger partial charge >= 0.3 is 0 Å². The Morgan fingerprint density at radius 3 is 2.10 bits per heavy atom. The first-order chi connectivity index (χ1) is 4.67. The van der Waals surface area contributed by atoms with Crippen LogP contribution in [0.25, 0.3) is 0 Å². The van der Waals surface area contributed by atoms with Crippen LogP contribution in [0.1, 0.15) is 39.5 Å². The van der Waals surface area contributed by atoms with Crippen LogP contribution in [0.2, 0.25) is 0 Å². The van der Waals surface area contributed by atoms with E-state index < -0.39 is 0 Å². The molecular weight excluding hydrogens is 124 g/mol. The summed E-state index contributed by atoms with van der Waals surface area (Å²) in [6.07, 6.45) is 5.52. The predicted octanol–water partition coefficient (Wildman–Crippen LogP) is 2.60. The number of rotatable bonds is 2. The molecule has 1 aliphatic rings. The van der Waals surface area contributed by atoms with E-state index in [1.807, 2.05) is 7.11 Å². The number of hydrogen-bond donors (Lipinski definition) is 0. The zero-order valence-corrected chi connectivity index (χ0v) is 7.31. The summed E-state index contributed by atoms with van der Waals surface area (Å²) in [6.45, 7) is 4.39. The second-order valence-electron chi connectivity index (χ2n) is 3.79. The minimum atomic E-state index is 0.122. The number of ether oxygens (including phenoxy) is 1. The highest BCUT2D eigenvalue weighted by Crippen LogP contribution is 2.35. The van der Waals surface area contributed by atoms with Gasteiger partial charge in [-0.2, -0.15) is 0 Å². The van der Waals surface area contributed by atoms with E-state index in [9.17, 15) is 0 Å². The van der Waals surface area contributed by atoms with Crippen LogP contribution in [0.3, 0.4) is 0 Å². The smallest absolute Gasteiger partial charge is 0.0650 e. The van der Waals surface area contributed by atoms with Gasteiger partial charge in [-0.1, -0.05) is 12.8 Å². The standard InChI is InChI=1S/C9H18O/c1-9(2,10-3)8-6-4-5-7-8/h8H,4-7H2,1-3H3. The molecule has 1 saturated carbocycles. The number of hydrogen-bond acceptors (Lipinski definition) is 1. The molecular formula is C9H18O. The lowest BCUT2D eigenvalue weighted by molar-refractivity contribution is -0.0255. The fourth-order valence-electron chi connectivity index (χ4n) is 1.79. The van der Waals surface area contributed by atoms with Crippen molar-refractivity contribution in [3.8, 4) is 0 Å². The summed E-state index contributed by atoms with van der Waals surface area (Å²) >= 11 is 0. The van der Waals surface area contributed by atoms with Gasteiger partial charge in [0.25, 0.3) is 0 Å². The highest BCUT2D eigenvalue weighted by molar-refractivity contribution is 4.82. The summed E-state index contributed by atoms with van der Waals surface area (Å²) in [6, 6.07) is 0. The van der Waals surface area contributed by atoms with Crippen LogP contribution in [-0.2, 0) is 4.74 Å². The lowest BCUT2D eigenvalue weighted by Gasteiger charge is -2.29. The lowest BCUT2D eigenvalue weighted by atomic mass is 9.89. The second kappa shape index (κ2) is 2.91. The Balaban J connectivity index is 2.45. The fraction of sp³-hybridized carbons (Fsp3) is 1.00. The van der Waals surface area contributed by atoms with Crippen LogP contribution in [0.15, 0.2) is 0 Å². The first-order valence-corrected chi connectivity index (χ1v) is 4.22. The molecule has 1 aliphatic carbocycles. The van der Waals surface area contributed by atoms with Crippen LogP contribution in [0.4, 0.5) is 0 Å². The van der Waals surface area contributed by atoms with Gasteiger partial charge in [-0.15, -0.1) is 0 Å². The molecule has 0 N–H and O–H groups in total. The number of methoxy groups -OCH3 is 1. The molecule has 0 bridgehead atoms. The molecule has 10 heavy (non-hydrogen) atoms. The Morgan fingerprint density at radius 2 is 1.70 bits per heavy atom. The van der Waals surface area contributed by atoms with Crippen LogP contribution < -0.4 is 0 Å². The van der Waals surface area contributed by atoms with Crippen molar-refractivity contribution in [2.75, 3.05) is 7.11 Å². The molecule has 60 valence electrons. The largest absolute Gasteiger partial charge is 0.379 e. The average molecular weight is 142 g/mol. The van der Waals surface area contributed by atoms with Gasteiger partial charge in [-0.25, -0.2) is 0 Å². The molecule has 0 atom stereocenters. The van der Waals surface area contributed by atoms with E-state index in [1.165, 1.54) is 25.7 Å². The normalized spacial score (nSPS) is 21.9. The zero-order chi connectivity index (χ0) is 7.61. The van der Waals surface area contributed by atoms with Crippen LogP contribution in [-0.4, -0.2) is 12.7 Å². The molecule has 1 nitrogen and oxygen atoms in total. The summed E-state index contributed by atoms with van der Waals surface area (Å²) in [7, 11) is 1.82. The fourth-order valence-corrected chi connectivity index (χ4v) is 1.79. The van der Waals surface area contributed by atoms with E-state index in [0.29, 0.717) is 0 Å². The van der Waals surface area contributed by atoms with Crippen LogP contribution in [0.5, 0.6) is 0 Å². The molecule has 0 spiro atoms. The van der Waals surface area contributed by atoms with Crippen molar-refractivity contribution in [2.45, 2.75) is 45.1 Å². The van der Waals surface area contributed by atoms with Gasteiger partial charge in [0, 0.05) is 7.11 Å². The van der Waals surface area contributed by atoms with Crippen molar-refractivity contribution < 1.29 is 4.74 Å². The summed E-state index contributed by atoms with van der Waals surface area (Å²) < 4.78 is 5.42. The molecule has 0 aliphatic heterocycles. The maximum atomic E-state index is 5.42. The topological polar surface area (TPSA) is 9.23 Å². The van der Waals surface area contributed by atoms with E-state index in [0.717, 1.165) is 5.92 Å². The third-order valence-electron chi connectivity index (χ3n) is 2.86. The Bertz CT molecular complexity index is 101. The Morgan fingerprint density at radius 1 is 1.20 bits per heavy atom. The van der Waals surface area contributed by atoms with Crippen LogP contribution in [0, 0.1) is 5.92 Å². The van der Waals surface area contributed by atoms with E-state index in [2.05, 4.69) is 13.8 Å². The van der Waals surface area contributed by atoms with Crippen molar-refractivity contribution >= 4 is 0 Å². The quantitative estimate of drug-likeness (QED) is 0.576. The van der Waals surface area contributed by atoms with Crippen molar-refractivity contribution in [3.05, 3.63) is 0 Å². The maximum absolute atomic E-state index is 5.42. The van der Waals surface area contributed by atoms with Crippen LogP contribution >= 0.6 is 0 Å². The molecule has 0 aromatic heterocycles. The average Bonchev–Trinajstić information content (AvgIpc) is 2.38. The molecule has 0 amide bonds. The maximum Gasteiger partial charge on any atom is 0.0650 e. The molecule has 0 aromatic carbocycles. The molecule has 0 unspecified atom stereocenters. The predicted molar refractivity (Wildman–Crippen MR) is 43.0 cm³/mol. The van der Waals surface area contributed by atoms with Gasteiger partial charge in [0.15, 0.2) is 0 Å². The summed E-state index contributed by atoms with van der Waals surface area (Å²) in [4.78, 5) is 0. The van der Waals surface area contributed by atoms with Crippen molar-refractivity contribution in [1.29, 1.82) is 0 Å². The third-order valence-corrected chi connectivity index (χ3v) is 2.86. The second-order valence-corrected chi connectivity index (χ2v) is 3.79. The molecule has 1 heteroatoms. The molecule has 0 saturated heterocycles. The highest BCUT2D eigenvalue weighted by atomic mass is 16.5. The molecule has 0 heterocycles. The van der Waals surface area contributed by atoms with E-state index >= 15 is 0 Å². The Hall–Kier alpha value is -0.0400. The van der Waals surface area contributed by atoms with Gasteiger partial charge < -0.3 is 4.74 Å². The van der Waals surface area contributed by atoms with Gasteiger partial charge in [0.1, 0.15) is 0 Å². The monoisotopic (exact) mass is 142 g/mol. The van der Waals surface area contributed by atoms with E-state index in [-0.39, 0.29) is 5.60 Å². The lowest BCUT2D eigenvalue weighted by Crippen LogP contribution is -2.31. The Labute approximate surface area is 63.8 Å². The van der Waals surface area contributed by atoms with Crippen molar-refractivity contribution in [3.63, 3.8) is 0 Å². The first-order valence-electron chi connectivity index (χ1n) is 4.22. The van der Waals surface area contributed by atoms with E-state index in [4.69, 9.17) is 4.74 Å². The minimum absolute atomic E-state index is 0.122. The SMILES string of the molecule is COC(C)(C)C1CCCC1. The summed E-state index contributed by atoms with van der Waals surface area (Å²) in [5, 5.41) is 0. The van der Waals surface area contributed by atoms with Gasteiger partial charge in [0.05, 0.1) is 5.60 Å². The van der Waals surface area contributed by atoms with Gasteiger partial charge in [0.2, 0.25) is 0 Å². The third kappa shape index (κ3) is 1.51. The zero-order valence-electron chi connectivity index (χ0n) is 7.31. The summed E-state index contributed by atoms with van der Waals surface area (Å²) in [5.74, 6) is 0.803. The highest BCUT2D eigenvalue weighted by Gasteiger charge is 2.31. The van der Waals surface area contributed by atoms with E-state index in [1.54, 1.807) is 0 Å². The minimum Gasteiger partial charge on any atom is -0.379 e. The van der Waals surface area contributed by atoms with Crippen molar-refractivity contribution in [2.24, 2.45) is 5.92 Å². The Kier molecular flexibility index (Phi) is 2.35.